The first-order valence-electron chi connectivity index (χ1n) is 0.762. The lowest BCUT2D eigenvalue weighted by molar-refractivity contribution is 0.633. The monoisotopic (exact) mass is 80.0 g/mol. The number of hydrogen-bond donors (Lipinski definition) is 3. The Balaban J connectivity index is 2.80. The molecule has 4 N–H and O–H groups in total. The maximum atomic E-state index is 7.60. The third kappa shape index (κ3) is 126. The van der Waals surface area contributed by atoms with Crippen LogP contribution in [-0.2, 0) is 0 Å². The van der Waals surface area contributed by atoms with Crippen molar-refractivity contribution in [1.82, 2.24) is 0 Å². The summed E-state index contributed by atoms with van der Waals surface area (Å²) in [6.07, 6.45) is 0. The fourth-order valence-electron chi connectivity index (χ4n) is 0. The molecule has 0 fully saturated rings. The topological polar surface area (TPSA) is 70.1 Å². The summed E-state index contributed by atoms with van der Waals surface area (Å²) in [4.78, 5) is 7.60. The fraction of sp³-hybridized carbons (Fsp3) is 0. The molecule has 26 valence electrons. The van der Waals surface area contributed by atoms with E-state index in [1.807, 2.05) is 0 Å². The molecular formula is H5N2OP. The molecule has 0 spiro atoms. The lowest BCUT2D eigenvalue weighted by atomic mass is 13.9. The van der Waals surface area contributed by atoms with E-state index in [1.165, 1.54) is 0 Å². The van der Waals surface area contributed by atoms with Gasteiger partial charge in [0, 0.05) is 0 Å². The molecule has 4 heteroatoms. The van der Waals surface area contributed by atoms with Gasteiger partial charge in [-0.05, 0) is 0 Å². The first-order chi connectivity index (χ1) is 1.73. The molecule has 0 aromatic heterocycles. The SMILES string of the molecule is N=[PH](N)O. The Hall–Kier alpha value is 0.150. The van der Waals surface area contributed by atoms with Crippen molar-refractivity contribution in [3.8, 4) is 0 Å². The highest BCUT2D eigenvalue weighted by Gasteiger charge is 1.51. The highest BCUT2D eigenvalue weighted by molar-refractivity contribution is 7.36. The Kier molecular flexibility index (Phi) is 1.52. The summed E-state index contributed by atoms with van der Waals surface area (Å²) in [5.74, 6) is 0. The summed E-state index contributed by atoms with van der Waals surface area (Å²) in [6.45, 7) is 0. The predicted octanol–water partition coefficient (Wildman–Crippen LogP) is -0.256. The molecule has 1 atom stereocenters. The van der Waals surface area contributed by atoms with Gasteiger partial charge in [0.15, 0.2) is 0 Å². The van der Waals surface area contributed by atoms with Crippen LogP contribution in [0.4, 0.5) is 0 Å². The highest BCUT2D eigenvalue weighted by atomic mass is 31.1. The molecule has 0 heterocycles. The summed E-state index contributed by atoms with van der Waals surface area (Å²) in [5, 5.41) is 6.02. The molecule has 4 heavy (non-hydrogen) atoms. The molecule has 0 aliphatic carbocycles. The van der Waals surface area contributed by atoms with Gasteiger partial charge in [-0.1, -0.05) is 0 Å². The summed E-state index contributed by atoms with van der Waals surface area (Å²) in [6, 6.07) is 0. The zero-order chi connectivity index (χ0) is 3.58. The van der Waals surface area contributed by atoms with Crippen LogP contribution in [-0.4, -0.2) is 4.89 Å². The first kappa shape index (κ1) is 4.15. The van der Waals surface area contributed by atoms with Gasteiger partial charge >= 0.3 is 0 Å². The van der Waals surface area contributed by atoms with Crippen LogP contribution in [0.25, 0.3) is 0 Å². The van der Waals surface area contributed by atoms with E-state index in [4.69, 9.17) is 10.1 Å². The molecule has 0 aromatic carbocycles. The smallest absolute Gasteiger partial charge is 0.129 e. The average molecular weight is 80.0 g/mol. The number of hydrogen-bond acceptors (Lipinski definition) is 1. The van der Waals surface area contributed by atoms with E-state index in [-0.39, 0.29) is 0 Å². The standard InChI is InChI=1S/H5N2OP/c1-4(2)3/h4H,(H4,1,2,3). The molecule has 0 aliphatic rings. The van der Waals surface area contributed by atoms with Crippen LogP contribution in [0.1, 0.15) is 0 Å². The highest BCUT2D eigenvalue weighted by Crippen LogP contribution is 1.92. The molecule has 0 saturated carbocycles. The van der Waals surface area contributed by atoms with Crippen LogP contribution in [0.3, 0.4) is 0 Å². The number of nitrogens with two attached hydrogens (primary N) is 1. The maximum Gasteiger partial charge on any atom is 0.129 e. The molecule has 0 amide bonds. The van der Waals surface area contributed by atoms with E-state index in [9.17, 15) is 0 Å². The minimum absolute atomic E-state index is 2.13. The van der Waals surface area contributed by atoms with E-state index in [0.717, 1.165) is 0 Å². The van der Waals surface area contributed by atoms with Gasteiger partial charge in [-0.3, -0.25) is 10.7 Å². The Morgan fingerprint density at radius 1 is 2.00 bits per heavy atom. The van der Waals surface area contributed by atoms with Gasteiger partial charge in [-0.15, -0.1) is 0 Å². The summed E-state index contributed by atoms with van der Waals surface area (Å²) >= 11 is 0. The molecular weight excluding hydrogens is 75.0 g/mol. The number of rotatable bonds is 0. The van der Waals surface area contributed by atoms with E-state index >= 15 is 0 Å². The molecule has 0 rings (SSSR count). The Morgan fingerprint density at radius 2 is 2.00 bits per heavy atom. The van der Waals surface area contributed by atoms with Crippen molar-refractivity contribution in [1.29, 1.82) is 5.16 Å². The van der Waals surface area contributed by atoms with Crippen molar-refractivity contribution in [3.63, 3.8) is 0 Å². The first-order valence-corrected chi connectivity index (χ1v) is 2.29. The molecule has 0 aromatic rings. The molecule has 3 nitrogen and oxygen atoms in total. The lowest BCUT2D eigenvalue weighted by Crippen LogP contribution is -1.67. The Morgan fingerprint density at radius 3 is 2.00 bits per heavy atom. The molecule has 0 radical (unpaired) electrons. The predicted molar refractivity (Wildman–Crippen MR) is 17.4 cm³/mol. The second-order valence-electron chi connectivity index (χ2n) is 0.385. The third-order valence-electron chi connectivity index (χ3n) is 0. The van der Waals surface area contributed by atoms with E-state index in [1.54, 1.807) is 0 Å². The quantitative estimate of drug-likeness (QED) is 0.351. The normalized spacial score (nSPS) is 15.5. The Bertz CT molecular complexity index is 29.0. The summed E-state index contributed by atoms with van der Waals surface area (Å²) in [5.41, 5.74) is 4.44. The van der Waals surface area contributed by atoms with E-state index < -0.39 is 8.09 Å². The molecule has 0 saturated heterocycles. The zero-order valence-corrected chi connectivity index (χ0v) is 3.02. The largest absolute Gasteiger partial charge is 0.351 e. The molecule has 1 unspecified atom stereocenters. The fourth-order valence-corrected chi connectivity index (χ4v) is 0. The van der Waals surface area contributed by atoms with Gasteiger partial charge in [0.25, 0.3) is 0 Å². The van der Waals surface area contributed by atoms with Gasteiger partial charge in [0.1, 0.15) is 8.09 Å². The third-order valence-corrected chi connectivity index (χ3v) is 0. The van der Waals surface area contributed by atoms with Crippen LogP contribution in [0.2, 0.25) is 0 Å². The van der Waals surface area contributed by atoms with Crippen molar-refractivity contribution in [2.45, 2.75) is 0 Å². The lowest BCUT2D eigenvalue weighted by Gasteiger charge is -1.69. The second kappa shape index (κ2) is 1.47. The van der Waals surface area contributed by atoms with Crippen molar-refractivity contribution >= 4 is 8.09 Å². The summed E-state index contributed by atoms with van der Waals surface area (Å²) < 4.78 is 0. The van der Waals surface area contributed by atoms with E-state index in [0.29, 0.717) is 0 Å². The van der Waals surface area contributed by atoms with Crippen LogP contribution >= 0.6 is 8.09 Å². The van der Waals surface area contributed by atoms with Crippen molar-refractivity contribution in [2.75, 3.05) is 0 Å². The van der Waals surface area contributed by atoms with Crippen LogP contribution in [0.15, 0.2) is 0 Å². The van der Waals surface area contributed by atoms with Gasteiger partial charge in [-0.25, -0.2) is 0 Å². The maximum absolute atomic E-state index is 7.60. The summed E-state index contributed by atoms with van der Waals surface area (Å²) in [7, 11) is -2.13. The van der Waals surface area contributed by atoms with Crippen molar-refractivity contribution < 1.29 is 4.89 Å². The van der Waals surface area contributed by atoms with Gasteiger partial charge in [0.2, 0.25) is 0 Å². The van der Waals surface area contributed by atoms with Crippen LogP contribution in [0.5, 0.6) is 0 Å². The molecule has 0 bridgehead atoms. The van der Waals surface area contributed by atoms with Crippen LogP contribution < -0.4 is 5.50 Å². The van der Waals surface area contributed by atoms with Gasteiger partial charge in [0.05, 0.1) is 0 Å². The van der Waals surface area contributed by atoms with Crippen LogP contribution in [0, 0.1) is 5.16 Å². The minimum Gasteiger partial charge on any atom is -0.351 e. The van der Waals surface area contributed by atoms with Crippen molar-refractivity contribution in [2.24, 2.45) is 5.50 Å². The Labute approximate surface area is 24.8 Å². The second-order valence-corrected chi connectivity index (χ2v) is 1.16. The average Bonchev–Trinajstić information content (AvgIpc) is 0.811. The van der Waals surface area contributed by atoms with E-state index in [2.05, 4.69) is 5.50 Å². The van der Waals surface area contributed by atoms with Gasteiger partial charge < -0.3 is 4.89 Å². The number of nitrogens with one attached hydrogen (secondary N) is 1. The van der Waals surface area contributed by atoms with Crippen molar-refractivity contribution in [3.05, 3.63) is 0 Å². The zero-order valence-electron chi connectivity index (χ0n) is 2.02. The molecule has 0 aliphatic heterocycles. The van der Waals surface area contributed by atoms with Gasteiger partial charge in [-0.2, -0.15) is 0 Å². The minimum atomic E-state index is -2.13.